The molecule has 0 bridgehead atoms. The van der Waals surface area contributed by atoms with Crippen molar-refractivity contribution in [2.75, 3.05) is 0 Å². The van der Waals surface area contributed by atoms with Gasteiger partial charge in [0.1, 0.15) is 0 Å². The van der Waals surface area contributed by atoms with Gasteiger partial charge < -0.3 is 5.41 Å². The van der Waals surface area contributed by atoms with Crippen molar-refractivity contribution in [2.45, 2.75) is 90.7 Å². The average molecular weight is 446 g/mol. The fraction of sp³-hybridized carbons (Fsp3) is 0.607. The molecule has 32 heavy (non-hydrogen) atoms. The largest absolute Gasteiger partial charge is 0.416 e. The molecule has 1 N–H and O–H groups in total. The van der Waals surface area contributed by atoms with Gasteiger partial charge in [0.15, 0.2) is 0 Å². The molecular weight excluding hydrogens is 407 g/mol. The van der Waals surface area contributed by atoms with Crippen LogP contribution >= 0.6 is 0 Å². The van der Waals surface area contributed by atoms with Crippen LogP contribution in [0.5, 0.6) is 0 Å². The Hall–Kier alpha value is -1.84. The van der Waals surface area contributed by atoms with Crippen LogP contribution in [0.4, 0.5) is 13.2 Å². The summed E-state index contributed by atoms with van der Waals surface area (Å²) in [6.07, 6.45) is 14.4. The number of alkyl halides is 3. The second-order valence-corrected chi connectivity index (χ2v) is 9.91. The van der Waals surface area contributed by atoms with Gasteiger partial charge in [-0.3, -0.25) is 0 Å². The number of benzene rings is 1. The molecule has 1 aromatic rings. The van der Waals surface area contributed by atoms with Gasteiger partial charge in [0.25, 0.3) is 0 Å². The van der Waals surface area contributed by atoms with Crippen molar-refractivity contribution < 1.29 is 13.2 Å². The Kier molecular flexibility index (Phi) is 8.41. The molecule has 1 nitrogen and oxygen atoms in total. The van der Waals surface area contributed by atoms with Gasteiger partial charge in [0, 0.05) is 5.71 Å². The third-order valence-corrected chi connectivity index (χ3v) is 7.44. The van der Waals surface area contributed by atoms with Crippen molar-refractivity contribution in [3.05, 3.63) is 53.6 Å². The molecule has 1 saturated carbocycles. The maximum absolute atomic E-state index is 13.0. The standard InChI is InChI=1S/C28H38F3N/c1-3-5-9-25-20-27(25,16-6-4-2)17-15-26(32)18-21-11-13-22(14-12-21)23-8-7-10-24(19-23)28(29,30)31/h7-8,10-11,13-14,19,21,25,32H,3-6,9,12,15-18,20H2,1-2H3. The van der Waals surface area contributed by atoms with Gasteiger partial charge in [-0.2, -0.15) is 13.2 Å². The van der Waals surface area contributed by atoms with Crippen LogP contribution in [0.2, 0.25) is 0 Å². The molecule has 0 spiro atoms. The van der Waals surface area contributed by atoms with Gasteiger partial charge in [-0.15, -0.1) is 0 Å². The highest BCUT2D eigenvalue weighted by atomic mass is 19.4. The van der Waals surface area contributed by atoms with E-state index < -0.39 is 11.7 Å². The fourth-order valence-corrected chi connectivity index (χ4v) is 5.28. The van der Waals surface area contributed by atoms with Gasteiger partial charge in [0.05, 0.1) is 5.56 Å². The lowest BCUT2D eigenvalue weighted by Crippen LogP contribution is -2.12. The number of hydrogen-bond donors (Lipinski definition) is 1. The monoisotopic (exact) mass is 445 g/mol. The van der Waals surface area contributed by atoms with Crippen LogP contribution in [-0.2, 0) is 6.18 Å². The number of allylic oxidation sites excluding steroid dienone is 4. The lowest BCUT2D eigenvalue weighted by molar-refractivity contribution is -0.137. The summed E-state index contributed by atoms with van der Waals surface area (Å²) < 4.78 is 39.0. The van der Waals surface area contributed by atoms with Gasteiger partial charge in [-0.25, -0.2) is 0 Å². The Morgan fingerprint density at radius 1 is 1.12 bits per heavy atom. The van der Waals surface area contributed by atoms with E-state index in [0.717, 1.165) is 49.0 Å². The van der Waals surface area contributed by atoms with Crippen molar-refractivity contribution in [2.24, 2.45) is 17.3 Å². The van der Waals surface area contributed by atoms with E-state index in [1.165, 1.54) is 57.1 Å². The van der Waals surface area contributed by atoms with Crippen molar-refractivity contribution in [1.82, 2.24) is 0 Å². The minimum absolute atomic E-state index is 0.277. The number of nitrogens with one attached hydrogen (secondary N) is 1. The first-order valence-corrected chi connectivity index (χ1v) is 12.4. The van der Waals surface area contributed by atoms with Crippen LogP contribution in [-0.4, -0.2) is 5.71 Å². The van der Waals surface area contributed by atoms with Crippen molar-refractivity contribution in [3.8, 4) is 0 Å². The minimum atomic E-state index is -4.32. The van der Waals surface area contributed by atoms with Gasteiger partial charge in [-0.1, -0.05) is 69.9 Å². The molecule has 0 amide bonds. The van der Waals surface area contributed by atoms with E-state index in [0.29, 0.717) is 11.0 Å². The van der Waals surface area contributed by atoms with Crippen LogP contribution in [0.3, 0.4) is 0 Å². The number of unbranched alkanes of at least 4 members (excludes halogenated alkanes) is 2. The highest BCUT2D eigenvalue weighted by Crippen LogP contribution is 2.61. The summed E-state index contributed by atoms with van der Waals surface area (Å²) in [6, 6.07) is 5.53. The average Bonchev–Trinajstić information content (AvgIpc) is 3.48. The van der Waals surface area contributed by atoms with E-state index >= 15 is 0 Å². The molecule has 1 aromatic carbocycles. The molecule has 0 radical (unpaired) electrons. The van der Waals surface area contributed by atoms with E-state index in [-0.39, 0.29) is 5.92 Å². The smallest absolute Gasteiger partial charge is 0.310 e. The van der Waals surface area contributed by atoms with E-state index in [4.69, 9.17) is 5.41 Å². The highest BCUT2D eigenvalue weighted by Gasteiger charge is 2.51. The molecule has 176 valence electrons. The summed E-state index contributed by atoms with van der Waals surface area (Å²) in [4.78, 5) is 0. The van der Waals surface area contributed by atoms with Gasteiger partial charge >= 0.3 is 6.18 Å². The predicted octanol–water partition coefficient (Wildman–Crippen LogP) is 9.24. The van der Waals surface area contributed by atoms with Crippen molar-refractivity contribution in [1.29, 1.82) is 5.41 Å². The zero-order valence-electron chi connectivity index (χ0n) is 19.6. The molecule has 0 heterocycles. The van der Waals surface area contributed by atoms with Gasteiger partial charge in [0.2, 0.25) is 0 Å². The Morgan fingerprint density at radius 2 is 1.91 bits per heavy atom. The van der Waals surface area contributed by atoms with Crippen LogP contribution < -0.4 is 0 Å². The van der Waals surface area contributed by atoms with Crippen molar-refractivity contribution >= 4 is 11.3 Å². The Labute approximate surface area is 191 Å². The molecule has 0 saturated heterocycles. The van der Waals surface area contributed by atoms with E-state index in [9.17, 15) is 13.2 Å². The molecule has 2 aliphatic carbocycles. The third-order valence-electron chi connectivity index (χ3n) is 7.44. The second-order valence-electron chi connectivity index (χ2n) is 9.91. The lowest BCUT2D eigenvalue weighted by atomic mass is 9.85. The fourth-order valence-electron chi connectivity index (χ4n) is 5.28. The molecule has 1 fully saturated rings. The zero-order valence-corrected chi connectivity index (χ0v) is 19.6. The number of halogens is 3. The normalized spacial score (nSPS) is 25.0. The summed E-state index contributed by atoms with van der Waals surface area (Å²) in [5.74, 6) is 1.15. The van der Waals surface area contributed by atoms with Crippen LogP contribution in [0.15, 0.2) is 42.5 Å². The quantitative estimate of drug-likeness (QED) is 0.310. The molecule has 0 aromatic heterocycles. The molecule has 4 heteroatoms. The first kappa shape index (κ1) is 24.8. The minimum Gasteiger partial charge on any atom is -0.310 e. The molecule has 3 rings (SSSR count). The van der Waals surface area contributed by atoms with Gasteiger partial charge in [-0.05, 0) is 85.5 Å². The summed E-state index contributed by atoms with van der Waals surface area (Å²) in [6.45, 7) is 4.52. The molecule has 3 unspecified atom stereocenters. The summed E-state index contributed by atoms with van der Waals surface area (Å²) in [7, 11) is 0. The Morgan fingerprint density at radius 3 is 2.56 bits per heavy atom. The Bertz CT molecular complexity index is 835. The Balaban J connectivity index is 1.49. The maximum atomic E-state index is 13.0. The first-order chi connectivity index (χ1) is 15.3. The zero-order chi connectivity index (χ0) is 23.2. The molecule has 0 aliphatic heterocycles. The van der Waals surface area contributed by atoms with E-state index in [1.807, 2.05) is 12.2 Å². The second kappa shape index (κ2) is 10.9. The SMILES string of the molecule is CCCCC1CC1(CCCC)CCC(=N)CC1C=CC(c2cccc(C(F)(F)F)c2)=CC1. The highest BCUT2D eigenvalue weighted by molar-refractivity contribution is 5.82. The molecule has 3 atom stereocenters. The van der Waals surface area contributed by atoms with Crippen molar-refractivity contribution in [3.63, 3.8) is 0 Å². The molecule has 2 aliphatic rings. The van der Waals surface area contributed by atoms with E-state index in [1.54, 1.807) is 6.07 Å². The molecular formula is C28H38F3N. The van der Waals surface area contributed by atoms with E-state index in [2.05, 4.69) is 19.9 Å². The van der Waals surface area contributed by atoms with Crippen LogP contribution in [0, 0.1) is 22.7 Å². The third kappa shape index (κ3) is 6.59. The summed E-state index contributed by atoms with van der Waals surface area (Å²) in [5, 5.41) is 8.55. The van der Waals surface area contributed by atoms with Crippen LogP contribution in [0.25, 0.3) is 5.57 Å². The number of rotatable bonds is 12. The lowest BCUT2D eigenvalue weighted by Gasteiger charge is -2.20. The summed E-state index contributed by atoms with van der Waals surface area (Å²) in [5.41, 5.74) is 2.16. The van der Waals surface area contributed by atoms with Crippen LogP contribution in [0.1, 0.15) is 95.6 Å². The first-order valence-electron chi connectivity index (χ1n) is 12.4. The number of hydrogen-bond acceptors (Lipinski definition) is 1. The maximum Gasteiger partial charge on any atom is 0.416 e. The summed E-state index contributed by atoms with van der Waals surface area (Å²) >= 11 is 0. The predicted molar refractivity (Wildman–Crippen MR) is 128 cm³/mol. The topological polar surface area (TPSA) is 23.9 Å².